The number of H-pyrrole nitrogens is 1. The number of tetrazole rings is 1. The first-order valence-corrected chi connectivity index (χ1v) is 10.0. The Morgan fingerprint density at radius 2 is 2.00 bits per heavy atom. The van der Waals surface area contributed by atoms with Crippen LogP contribution in [0.5, 0.6) is 5.75 Å². The summed E-state index contributed by atoms with van der Waals surface area (Å²) in [6, 6.07) is 15.1. The molecule has 0 atom stereocenters. The fraction of sp³-hybridized carbons (Fsp3) is 0.182. The SMILES string of the molecule is COc1cc(Cl)ccc1-c1ccc(CCc2nn[nH]n2)n1-c1ccc(C(N)=O)cc1C. The maximum atomic E-state index is 11.6. The van der Waals surface area contributed by atoms with E-state index >= 15 is 0 Å². The third-order valence-corrected chi connectivity index (χ3v) is 5.35. The predicted molar refractivity (Wildman–Crippen MR) is 118 cm³/mol. The Hall–Kier alpha value is -3.65. The highest BCUT2D eigenvalue weighted by atomic mass is 35.5. The van der Waals surface area contributed by atoms with Gasteiger partial charge in [-0.05, 0) is 67.4 Å². The van der Waals surface area contributed by atoms with Gasteiger partial charge in [0.25, 0.3) is 0 Å². The average Bonchev–Trinajstić information content (AvgIpc) is 3.42. The number of rotatable bonds is 7. The number of hydrogen-bond acceptors (Lipinski definition) is 5. The highest BCUT2D eigenvalue weighted by Crippen LogP contribution is 2.36. The summed E-state index contributed by atoms with van der Waals surface area (Å²) >= 11 is 6.17. The van der Waals surface area contributed by atoms with Gasteiger partial charge in [-0.15, -0.1) is 10.2 Å². The van der Waals surface area contributed by atoms with E-state index in [4.69, 9.17) is 22.1 Å². The standard InChI is InChI=1S/C22H21ClN6O2/c1-13-11-14(22(24)30)3-8-18(13)29-16(6-10-21-25-27-28-26-21)5-9-19(29)17-7-4-15(23)12-20(17)31-2/h3-5,7-9,11-12H,6,10H2,1-2H3,(H2,24,30)(H,25,26,27,28). The number of carbonyl (C=O) groups is 1. The van der Waals surface area contributed by atoms with Crippen LogP contribution in [0.1, 0.15) is 27.4 Å². The number of nitrogens with zero attached hydrogens (tertiary/aromatic N) is 4. The molecule has 2 heterocycles. The monoisotopic (exact) mass is 436 g/mol. The van der Waals surface area contributed by atoms with Crippen molar-refractivity contribution in [2.75, 3.05) is 7.11 Å². The molecule has 0 saturated carbocycles. The zero-order valence-corrected chi connectivity index (χ0v) is 17.8. The van der Waals surface area contributed by atoms with Crippen molar-refractivity contribution < 1.29 is 9.53 Å². The number of aromatic amines is 1. The van der Waals surface area contributed by atoms with Crippen LogP contribution in [-0.2, 0) is 12.8 Å². The first-order valence-electron chi connectivity index (χ1n) is 9.65. The van der Waals surface area contributed by atoms with Crippen molar-refractivity contribution in [3.05, 3.63) is 76.2 Å². The third kappa shape index (κ3) is 4.15. The first kappa shape index (κ1) is 20.6. The minimum atomic E-state index is -0.459. The lowest BCUT2D eigenvalue weighted by Crippen LogP contribution is -2.12. The van der Waals surface area contributed by atoms with Gasteiger partial charge in [0.1, 0.15) is 5.75 Å². The van der Waals surface area contributed by atoms with Crippen LogP contribution >= 0.6 is 11.6 Å². The number of ether oxygens (including phenoxy) is 1. The zero-order chi connectivity index (χ0) is 22.0. The number of nitrogens with one attached hydrogen (secondary N) is 1. The summed E-state index contributed by atoms with van der Waals surface area (Å²) in [6.45, 7) is 1.95. The van der Waals surface area contributed by atoms with Crippen molar-refractivity contribution in [1.82, 2.24) is 25.2 Å². The van der Waals surface area contributed by atoms with E-state index in [-0.39, 0.29) is 0 Å². The molecule has 4 aromatic rings. The van der Waals surface area contributed by atoms with E-state index in [0.717, 1.165) is 28.2 Å². The van der Waals surface area contributed by atoms with Crippen LogP contribution in [0.2, 0.25) is 5.02 Å². The molecular formula is C22H21ClN6O2. The van der Waals surface area contributed by atoms with Crippen LogP contribution in [-0.4, -0.2) is 38.2 Å². The topological polar surface area (TPSA) is 112 Å². The van der Waals surface area contributed by atoms with Gasteiger partial charge >= 0.3 is 0 Å². The van der Waals surface area contributed by atoms with Crippen molar-refractivity contribution in [2.24, 2.45) is 5.73 Å². The van der Waals surface area contributed by atoms with Gasteiger partial charge in [-0.2, -0.15) is 5.21 Å². The van der Waals surface area contributed by atoms with Crippen molar-refractivity contribution in [1.29, 1.82) is 0 Å². The Morgan fingerprint density at radius 1 is 1.16 bits per heavy atom. The fourth-order valence-corrected chi connectivity index (χ4v) is 3.80. The third-order valence-electron chi connectivity index (χ3n) is 5.12. The number of aromatic nitrogens is 5. The maximum Gasteiger partial charge on any atom is 0.248 e. The van der Waals surface area contributed by atoms with Crippen LogP contribution in [0.3, 0.4) is 0 Å². The van der Waals surface area contributed by atoms with E-state index in [1.165, 1.54) is 0 Å². The average molecular weight is 437 g/mol. The highest BCUT2D eigenvalue weighted by molar-refractivity contribution is 6.30. The quantitative estimate of drug-likeness (QED) is 0.460. The smallest absolute Gasteiger partial charge is 0.248 e. The van der Waals surface area contributed by atoms with E-state index in [2.05, 4.69) is 31.3 Å². The Morgan fingerprint density at radius 3 is 2.68 bits per heavy atom. The summed E-state index contributed by atoms with van der Waals surface area (Å²) in [5.74, 6) is 0.848. The molecule has 0 aliphatic rings. The summed E-state index contributed by atoms with van der Waals surface area (Å²) in [6.07, 6.45) is 1.31. The van der Waals surface area contributed by atoms with Gasteiger partial charge in [-0.1, -0.05) is 16.8 Å². The number of carbonyl (C=O) groups excluding carboxylic acids is 1. The summed E-state index contributed by atoms with van der Waals surface area (Å²) in [5.41, 5.74) is 10.7. The van der Waals surface area contributed by atoms with E-state index in [1.54, 1.807) is 25.3 Å². The van der Waals surface area contributed by atoms with Crippen molar-refractivity contribution in [3.8, 4) is 22.7 Å². The molecule has 0 bridgehead atoms. The molecule has 9 heteroatoms. The minimum Gasteiger partial charge on any atom is -0.496 e. The van der Waals surface area contributed by atoms with Crippen LogP contribution in [0.15, 0.2) is 48.5 Å². The number of nitrogens with two attached hydrogens (primary N) is 1. The lowest BCUT2D eigenvalue weighted by atomic mass is 10.1. The second kappa shape index (κ2) is 8.61. The van der Waals surface area contributed by atoms with Gasteiger partial charge in [-0.3, -0.25) is 4.79 Å². The number of hydrogen-bond donors (Lipinski definition) is 2. The van der Waals surface area contributed by atoms with Gasteiger partial charge in [0.2, 0.25) is 5.91 Å². The molecule has 31 heavy (non-hydrogen) atoms. The lowest BCUT2D eigenvalue weighted by molar-refractivity contribution is 0.1000. The highest BCUT2D eigenvalue weighted by Gasteiger charge is 2.18. The molecule has 8 nitrogen and oxygen atoms in total. The molecule has 158 valence electrons. The molecule has 0 fully saturated rings. The van der Waals surface area contributed by atoms with Crippen molar-refractivity contribution in [2.45, 2.75) is 19.8 Å². The van der Waals surface area contributed by atoms with E-state index in [1.807, 2.05) is 31.2 Å². The largest absolute Gasteiger partial charge is 0.496 e. The number of aryl methyl sites for hydroxylation is 3. The molecule has 0 spiro atoms. The van der Waals surface area contributed by atoms with Gasteiger partial charge < -0.3 is 15.0 Å². The van der Waals surface area contributed by atoms with Crippen LogP contribution < -0.4 is 10.5 Å². The molecule has 2 aromatic heterocycles. The summed E-state index contributed by atoms with van der Waals surface area (Å²) in [5, 5.41) is 14.8. The van der Waals surface area contributed by atoms with E-state index < -0.39 is 5.91 Å². The molecule has 0 unspecified atom stereocenters. The Kier molecular flexibility index (Phi) is 5.73. The second-order valence-corrected chi connectivity index (χ2v) is 7.52. The molecule has 0 saturated heterocycles. The van der Waals surface area contributed by atoms with E-state index in [9.17, 15) is 4.79 Å². The van der Waals surface area contributed by atoms with Gasteiger partial charge in [-0.25, -0.2) is 0 Å². The number of amides is 1. The Balaban J connectivity index is 1.86. The molecule has 3 N–H and O–H groups in total. The molecule has 0 radical (unpaired) electrons. The van der Waals surface area contributed by atoms with Crippen LogP contribution in [0.25, 0.3) is 16.9 Å². The minimum absolute atomic E-state index is 0.459. The lowest BCUT2D eigenvalue weighted by Gasteiger charge is -2.18. The Labute approximate surface area is 184 Å². The number of primary amides is 1. The van der Waals surface area contributed by atoms with Crippen LogP contribution in [0, 0.1) is 6.92 Å². The van der Waals surface area contributed by atoms with Gasteiger partial charge in [0.15, 0.2) is 5.82 Å². The molecule has 4 rings (SSSR count). The van der Waals surface area contributed by atoms with E-state index in [0.29, 0.717) is 35.0 Å². The summed E-state index contributed by atoms with van der Waals surface area (Å²) in [4.78, 5) is 11.6. The molecule has 0 aliphatic carbocycles. The molecule has 0 aliphatic heterocycles. The molecule has 1 amide bonds. The summed E-state index contributed by atoms with van der Waals surface area (Å²) in [7, 11) is 1.62. The number of benzene rings is 2. The molecular weight excluding hydrogens is 416 g/mol. The normalized spacial score (nSPS) is 10.9. The Bertz CT molecular complexity index is 1230. The number of halogens is 1. The second-order valence-electron chi connectivity index (χ2n) is 7.08. The fourth-order valence-electron chi connectivity index (χ4n) is 3.63. The molecule has 2 aromatic carbocycles. The zero-order valence-electron chi connectivity index (χ0n) is 17.1. The number of methoxy groups -OCH3 is 1. The van der Waals surface area contributed by atoms with Crippen LogP contribution in [0.4, 0.5) is 0 Å². The van der Waals surface area contributed by atoms with Gasteiger partial charge in [0, 0.05) is 34.0 Å². The first-order chi connectivity index (χ1) is 15.0. The predicted octanol–water partition coefficient (Wildman–Crippen LogP) is 3.51. The van der Waals surface area contributed by atoms with Gasteiger partial charge in [0.05, 0.1) is 12.8 Å². The van der Waals surface area contributed by atoms with Crippen molar-refractivity contribution >= 4 is 17.5 Å². The summed E-state index contributed by atoms with van der Waals surface area (Å²) < 4.78 is 7.73. The van der Waals surface area contributed by atoms with Crippen molar-refractivity contribution in [3.63, 3.8) is 0 Å². The maximum absolute atomic E-state index is 11.6.